The molecule has 0 bridgehead atoms. The zero-order chi connectivity index (χ0) is 16.3. The van der Waals surface area contributed by atoms with Gasteiger partial charge in [0.2, 0.25) is 11.7 Å². The highest BCUT2D eigenvalue weighted by molar-refractivity contribution is 5.81. The van der Waals surface area contributed by atoms with Crippen molar-refractivity contribution in [2.45, 2.75) is 12.7 Å². The highest BCUT2D eigenvalue weighted by Crippen LogP contribution is 2.31. The number of hydrogen-bond acceptors (Lipinski definition) is 3. The molecule has 0 radical (unpaired) electrons. The number of rotatable bonds is 5. The number of halogens is 3. The van der Waals surface area contributed by atoms with E-state index in [-0.39, 0.29) is 5.52 Å². The van der Waals surface area contributed by atoms with Crippen molar-refractivity contribution >= 4 is 16.9 Å². The van der Waals surface area contributed by atoms with Crippen molar-refractivity contribution in [1.29, 1.82) is 0 Å². The summed E-state index contributed by atoms with van der Waals surface area (Å²) in [5.74, 6) is -1.45. The predicted molar refractivity (Wildman–Crippen MR) is 76.3 cm³/mol. The van der Waals surface area contributed by atoms with Crippen LogP contribution in [0.4, 0.5) is 13.2 Å². The first kappa shape index (κ1) is 16.3. The molecule has 0 saturated carbocycles. The fourth-order valence-electron chi connectivity index (χ4n) is 2.11. The zero-order valence-electron chi connectivity index (χ0n) is 12.3. The number of amides is 1. The maximum Gasteiger partial charge on any atom is 0.449 e. The van der Waals surface area contributed by atoms with Gasteiger partial charge in [0, 0.05) is 20.1 Å². The highest BCUT2D eigenvalue weighted by Gasteiger charge is 2.38. The number of benzene rings is 1. The molecule has 0 fully saturated rings. The van der Waals surface area contributed by atoms with Gasteiger partial charge < -0.3 is 14.8 Å². The fraction of sp³-hybridized carbons (Fsp3) is 0.429. The minimum atomic E-state index is -4.61. The Morgan fingerprint density at radius 1 is 1.36 bits per heavy atom. The fourth-order valence-corrected chi connectivity index (χ4v) is 2.11. The summed E-state index contributed by atoms with van der Waals surface area (Å²) in [6.07, 6.45) is -4.61. The molecule has 1 aromatic carbocycles. The van der Waals surface area contributed by atoms with Crippen LogP contribution < -0.4 is 5.32 Å². The van der Waals surface area contributed by atoms with Crippen molar-refractivity contribution in [2.24, 2.45) is 0 Å². The lowest BCUT2D eigenvalue weighted by atomic mass is 10.3. The molecule has 1 amide bonds. The van der Waals surface area contributed by atoms with E-state index in [0.29, 0.717) is 18.6 Å². The first-order valence-corrected chi connectivity index (χ1v) is 6.75. The van der Waals surface area contributed by atoms with E-state index in [9.17, 15) is 18.0 Å². The minimum Gasteiger partial charge on any atom is -0.343 e. The molecule has 2 rings (SSSR count). The monoisotopic (exact) mass is 314 g/mol. The number of likely N-dealkylation sites (N-methyl/N-ethyl adjacent to an activating group) is 2. The third-order valence-electron chi connectivity index (χ3n) is 3.32. The number of nitrogens with zero attached hydrogens (tertiary/aromatic N) is 3. The molecule has 0 spiro atoms. The summed E-state index contributed by atoms with van der Waals surface area (Å²) < 4.78 is 40.3. The minimum absolute atomic E-state index is 0.223. The molecule has 0 aliphatic rings. The molecular formula is C14H17F3N4O. The third-order valence-corrected chi connectivity index (χ3v) is 3.32. The molecule has 2 aromatic rings. The largest absolute Gasteiger partial charge is 0.449 e. The lowest BCUT2D eigenvalue weighted by Crippen LogP contribution is -2.35. The van der Waals surface area contributed by atoms with Gasteiger partial charge in [0.25, 0.3) is 0 Å². The van der Waals surface area contributed by atoms with Crippen molar-refractivity contribution in [3.05, 3.63) is 30.1 Å². The maximum absolute atomic E-state index is 13.1. The molecule has 0 unspecified atom stereocenters. The molecule has 22 heavy (non-hydrogen) atoms. The smallest absolute Gasteiger partial charge is 0.343 e. The molecule has 0 aliphatic carbocycles. The molecule has 0 saturated heterocycles. The first-order chi connectivity index (χ1) is 10.3. The summed E-state index contributed by atoms with van der Waals surface area (Å²) in [6.45, 7) is 0.595. The van der Waals surface area contributed by atoms with E-state index in [1.165, 1.54) is 17.0 Å². The third kappa shape index (κ3) is 3.38. The Bertz CT molecular complexity index is 666. The van der Waals surface area contributed by atoms with E-state index in [4.69, 9.17) is 0 Å². The van der Waals surface area contributed by atoms with Gasteiger partial charge in [0.15, 0.2) is 0 Å². The van der Waals surface area contributed by atoms with Crippen LogP contribution in [-0.2, 0) is 17.5 Å². The first-order valence-electron chi connectivity index (χ1n) is 6.75. The summed E-state index contributed by atoms with van der Waals surface area (Å²) in [7, 11) is 3.30. The van der Waals surface area contributed by atoms with Crippen LogP contribution >= 0.6 is 0 Å². The van der Waals surface area contributed by atoms with Crippen molar-refractivity contribution in [1.82, 2.24) is 19.8 Å². The molecule has 0 atom stereocenters. The van der Waals surface area contributed by atoms with Crippen LogP contribution in [0.2, 0.25) is 0 Å². The Balaban J connectivity index is 2.35. The summed E-state index contributed by atoms with van der Waals surface area (Å²) in [4.78, 5) is 17.1. The lowest BCUT2D eigenvalue weighted by Gasteiger charge is -2.18. The molecule has 5 nitrogen and oxygen atoms in total. The second-order valence-corrected chi connectivity index (χ2v) is 4.93. The van der Waals surface area contributed by atoms with Crippen LogP contribution in [0.25, 0.3) is 11.0 Å². The van der Waals surface area contributed by atoms with Gasteiger partial charge in [0.1, 0.15) is 6.54 Å². The van der Waals surface area contributed by atoms with Gasteiger partial charge in [-0.15, -0.1) is 0 Å². The quantitative estimate of drug-likeness (QED) is 0.914. The van der Waals surface area contributed by atoms with Crippen molar-refractivity contribution in [3.8, 4) is 0 Å². The summed E-state index contributed by atoms with van der Waals surface area (Å²) >= 11 is 0. The number of imidazole rings is 1. The number of fused-ring (bicyclic) bond motifs is 1. The highest BCUT2D eigenvalue weighted by atomic mass is 19.4. The molecule has 1 N–H and O–H groups in total. The number of carbonyl (C=O) groups is 1. The summed E-state index contributed by atoms with van der Waals surface area (Å²) in [6, 6.07) is 6.26. The standard InChI is InChI=1S/C14H17F3N4O/c1-18-7-8-20(2)12(22)9-21-11-6-4-3-5-10(11)19-13(21)14(15,16)17/h3-6,18H,7-9H2,1-2H3. The SMILES string of the molecule is CNCCN(C)C(=O)Cn1c(C(F)(F)F)nc2ccccc21. The van der Waals surface area contributed by atoms with Crippen molar-refractivity contribution in [2.75, 3.05) is 27.2 Å². The van der Waals surface area contributed by atoms with Gasteiger partial charge in [-0.05, 0) is 19.2 Å². The number of nitrogens with one attached hydrogen (secondary N) is 1. The Kier molecular flexibility index (Phi) is 4.70. The van der Waals surface area contributed by atoms with Gasteiger partial charge in [-0.25, -0.2) is 4.98 Å². The van der Waals surface area contributed by atoms with Crippen LogP contribution in [0.5, 0.6) is 0 Å². The number of hydrogen-bond donors (Lipinski definition) is 1. The number of aromatic nitrogens is 2. The van der Waals surface area contributed by atoms with Gasteiger partial charge in [-0.2, -0.15) is 13.2 Å². The molecular weight excluding hydrogens is 297 g/mol. The second kappa shape index (κ2) is 6.35. The van der Waals surface area contributed by atoms with E-state index in [1.807, 2.05) is 0 Å². The number of para-hydroxylation sites is 2. The molecule has 1 heterocycles. The van der Waals surface area contributed by atoms with E-state index in [0.717, 1.165) is 4.57 Å². The lowest BCUT2D eigenvalue weighted by molar-refractivity contribution is -0.148. The molecule has 0 aliphatic heterocycles. The van der Waals surface area contributed by atoms with Crippen LogP contribution in [0, 0.1) is 0 Å². The molecule has 1 aromatic heterocycles. The van der Waals surface area contributed by atoms with Crippen LogP contribution in [-0.4, -0.2) is 47.5 Å². The second-order valence-electron chi connectivity index (χ2n) is 4.93. The number of carbonyl (C=O) groups excluding carboxylic acids is 1. The average Bonchev–Trinajstić information content (AvgIpc) is 2.83. The van der Waals surface area contributed by atoms with Crippen LogP contribution in [0.1, 0.15) is 5.82 Å². The van der Waals surface area contributed by atoms with Gasteiger partial charge in [0.05, 0.1) is 11.0 Å². The predicted octanol–water partition coefficient (Wildman–Crippen LogP) is 1.73. The Morgan fingerprint density at radius 2 is 2.05 bits per heavy atom. The van der Waals surface area contributed by atoms with E-state index in [2.05, 4.69) is 10.3 Å². The van der Waals surface area contributed by atoms with E-state index >= 15 is 0 Å². The van der Waals surface area contributed by atoms with Gasteiger partial charge >= 0.3 is 6.18 Å². The van der Waals surface area contributed by atoms with Gasteiger partial charge in [-0.1, -0.05) is 12.1 Å². The molecule has 120 valence electrons. The maximum atomic E-state index is 13.1. The van der Waals surface area contributed by atoms with Gasteiger partial charge in [-0.3, -0.25) is 4.79 Å². The van der Waals surface area contributed by atoms with Crippen molar-refractivity contribution < 1.29 is 18.0 Å². The van der Waals surface area contributed by atoms with E-state index < -0.39 is 24.5 Å². The van der Waals surface area contributed by atoms with Crippen LogP contribution in [0.3, 0.4) is 0 Å². The Hall–Kier alpha value is -2.09. The zero-order valence-corrected chi connectivity index (χ0v) is 12.3. The summed E-state index contributed by atoms with van der Waals surface area (Å²) in [5, 5.41) is 2.88. The normalized spacial score (nSPS) is 11.9. The van der Waals surface area contributed by atoms with E-state index in [1.54, 1.807) is 26.2 Å². The summed E-state index contributed by atoms with van der Waals surface area (Å²) in [5.41, 5.74) is 0.519. The Morgan fingerprint density at radius 3 is 2.68 bits per heavy atom. The average molecular weight is 314 g/mol. The molecule has 8 heteroatoms. The number of alkyl halides is 3. The van der Waals surface area contributed by atoms with Crippen LogP contribution in [0.15, 0.2) is 24.3 Å². The Labute approximate surface area is 125 Å². The topological polar surface area (TPSA) is 50.2 Å². The van der Waals surface area contributed by atoms with Crippen molar-refractivity contribution in [3.63, 3.8) is 0 Å².